The van der Waals surface area contributed by atoms with Gasteiger partial charge >= 0.3 is 0 Å². The molecular formula is C12H19NO5S. The fraction of sp³-hybridized carbons (Fsp3) is 0.500. The summed E-state index contributed by atoms with van der Waals surface area (Å²) >= 11 is 0. The van der Waals surface area contributed by atoms with Crippen LogP contribution in [0.2, 0.25) is 0 Å². The van der Waals surface area contributed by atoms with E-state index in [1.54, 1.807) is 6.07 Å². The van der Waals surface area contributed by atoms with Gasteiger partial charge in [0.15, 0.2) is 0 Å². The van der Waals surface area contributed by atoms with Gasteiger partial charge in [0, 0.05) is 24.7 Å². The molecule has 0 amide bonds. The summed E-state index contributed by atoms with van der Waals surface area (Å²) in [7, 11) is -4.15. The van der Waals surface area contributed by atoms with E-state index in [2.05, 4.69) is 5.32 Å². The van der Waals surface area contributed by atoms with Crippen LogP contribution in [0.5, 0.6) is 5.75 Å². The molecule has 1 rings (SSSR count). The van der Waals surface area contributed by atoms with Crippen molar-refractivity contribution in [1.82, 2.24) is 0 Å². The summed E-state index contributed by atoms with van der Waals surface area (Å²) in [6.07, 6.45) is -1.00. The largest absolute Gasteiger partial charge is 0.493 e. The normalized spacial score (nSPS) is 13.0. The zero-order chi connectivity index (χ0) is 14.3. The summed E-state index contributed by atoms with van der Waals surface area (Å²) in [5, 5.41) is 12.5. The number of anilines is 1. The summed E-state index contributed by atoms with van der Waals surface area (Å²) in [6.45, 7) is 2.96. The van der Waals surface area contributed by atoms with Crippen LogP contribution >= 0.6 is 0 Å². The van der Waals surface area contributed by atoms with E-state index in [0.717, 1.165) is 12.2 Å². The Morgan fingerprint density at radius 1 is 1.42 bits per heavy atom. The molecule has 1 aromatic carbocycles. The fourth-order valence-electron chi connectivity index (χ4n) is 1.54. The quantitative estimate of drug-likeness (QED) is 0.621. The molecule has 0 spiro atoms. The van der Waals surface area contributed by atoms with E-state index < -0.39 is 22.0 Å². The van der Waals surface area contributed by atoms with Crippen molar-refractivity contribution in [2.75, 3.05) is 24.2 Å². The second kappa shape index (κ2) is 7.32. The summed E-state index contributed by atoms with van der Waals surface area (Å²) < 4.78 is 35.0. The first-order chi connectivity index (χ1) is 8.90. The Morgan fingerprint density at radius 3 is 2.79 bits per heavy atom. The Hall–Kier alpha value is -1.31. The van der Waals surface area contributed by atoms with Crippen LogP contribution in [0.4, 0.5) is 5.69 Å². The van der Waals surface area contributed by atoms with Gasteiger partial charge in [0.1, 0.15) is 11.5 Å². The third-order valence-electron chi connectivity index (χ3n) is 2.34. The molecule has 0 fully saturated rings. The molecule has 0 aliphatic carbocycles. The molecule has 0 radical (unpaired) electrons. The fourth-order valence-corrected chi connectivity index (χ4v) is 2.19. The van der Waals surface area contributed by atoms with Crippen molar-refractivity contribution in [2.45, 2.75) is 19.4 Å². The lowest BCUT2D eigenvalue weighted by Gasteiger charge is -2.11. The van der Waals surface area contributed by atoms with Crippen LogP contribution in [0.3, 0.4) is 0 Å². The summed E-state index contributed by atoms with van der Waals surface area (Å²) in [6, 6.07) is 7.33. The molecule has 0 bridgehead atoms. The van der Waals surface area contributed by atoms with Gasteiger partial charge in [-0.3, -0.25) is 4.55 Å². The number of rotatable bonds is 8. The Kier molecular flexibility index (Phi) is 6.07. The van der Waals surface area contributed by atoms with Crippen LogP contribution in [0.15, 0.2) is 24.3 Å². The molecule has 1 aromatic rings. The smallest absolute Gasteiger partial charge is 0.267 e. The summed E-state index contributed by atoms with van der Waals surface area (Å²) in [4.78, 5) is 0. The highest BCUT2D eigenvalue weighted by Gasteiger charge is 2.13. The van der Waals surface area contributed by atoms with Crippen LogP contribution < -0.4 is 10.1 Å². The van der Waals surface area contributed by atoms with Crippen LogP contribution in [-0.2, 0) is 10.1 Å². The lowest BCUT2D eigenvalue weighted by Crippen LogP contribution is -2.22. The van der Waals surface area contributed by atoms with Gasteiger partial charge in [-0.2, -0.15) is 8.42 Å². The molecule has 0 saturated heterocycles. The highest BCUT2D eigenvalue weighted by Crippen LogP contribution is 2.17. The molecular weight excluding hydrogens is 270 g/mol. The van der Waals surface area contributed by atoms with Crippen molar-refractivity contribution in [3.63, 3.8) is 0 Å². The van der Waals surface area contributed by atoms with E-state index in [9.17, 15) is 13.5 Å². The lowest BCUT2D eigenvalue weighted by molar-refractivity contribution is 0.156. The molecule has 0 saturated carbocycles. The Morgan fingerprint density at radius 2 is 2.16 bits per heavy atom. The van der Waals surface area contributed by atoms with Gasteiger partial charge in [-0.15, -0.1) is 0 Å². The number of aliphatic hydroxyl groups excluding tert-OH is 1. The highest BCUT2D eigenvalue weighted by atomic mass is 32.2. The molecule has 1 unspecified atom stereocenters. The van der Waals surface area contributed by atoms with Crippen LogP contribution in [0, 0.1) is 0 Å². The van der Waals surface area contributed by atoms with Gasteiger partial charge < -0.3 is 15.2 Å². The first-order valence-corrected chi connectivity index (χ1v) is 7.61. The summed E-state index contributed by atoms with van der Waals surface area (Å²) in [5.74, 6) is -0.0362. The highest BCUT2D eigenvalue weighted by molar-refractivity contribution is 7.85. The van der Waals surface area contributed by atoms with E-state index in [4.69, 9.17) is 9.29 Å². The number of hydrogen-bond acceptors (Lipinski definition) is 5. The van der Waals surface area contributed by atoms with Gasteiger partial charge in [0.25, 0.3) is 10.1 Å². The van der Waals surface area contributed by atoms with Crippen molar-refractivity contribution in [1.29, 1.82) is 0 Å². The van der Waals surface area contributed by atoms with E-state index in [-0.39, 0.29) is 13.0 Å². The molecule has 0 aliphatic rings. The van der Waals surface area contributed by atoms with Crippen molar-refractivity contribution in [3.8, 4) is 5.75 Å². The first-order valence-electron chi connectivity index (χ1n) is 6.00. The van der Waals surface area contributed by atoms with Gasteiger partial charge in [0.2, 0.25) is 0 Å². The van der Waals surface area contributed by atoms with Gasteiger partial charge in [-0.1, -0.05) is 6.07 Å². The lowest BCUT2D eigenvalue weighted by atomic mass is 10.3. The maximum Gasteiger partial charge on any atom is 0.267 e. The van der Waals surface area contributed by atoms with Gasteiger partial charge in [-0.25, -0.2) is 0 Å². The van der Waals surface area contributed by atoms with Crippen LogP contribution in [-0.4, -0.2) is 43.1 Å². The first kappa shape index (κ1) is 15.7. The zero-order valence-corrected chi connectivity index (χ0v) is 11.6. The molecule has 1 atom stereocenters. The molecule has 3 N–H and O–H groups in total. The molecule has 0 heterocycles. The van der Waals surface area contributed by atoms with Gasteiger partial charge in [0.05, 0.1) is 12.7 Å². The van der Waals surface area contributed by atoms with Crippen LogP contribution in [0.1, 0.15) is 13.3 Å². The topological polar surface area (TPSA) is 95.9 Å². The number of aliphatic hydroxyl groups is 1. The number of benzene rings is 1. The number of ether oxygens (including phenoxy) is 1. The van der Waals surface area contributed by atoms with E-state index in [1.165, 1.54) is 0 Å². The minimum atomic E-state index is -4.15. The number of nitrogens with one attached hydrogen (secondary N) is 1. The second-order valence-electron chi connectivity index (χ2n) is 4.10. The molecule has 108 valence electrons. The monoisotopic (exact) mass is 289 g/mol. The van der Waals surface area contributed by atoms with Gasteiger partial charge in [-0.05, 0) is 19.1 Å². The Bertz CT molecular complexity index is 489. The maximum atomic E-state index is 10.5. The Balaban J connectivity index is 2.38. The molecule has 19 heavy (non-hydrogen) atoms. The predicted octanol–water partition coefficient (Wildman–Crippen LogP) is 1.14. The number of hydrogen-bond donors (Lipinski definition) is 3. The van der Waals surface area contributed by atoms with Crippen molar-refractivity contribution < 1.29 is 22.8 Å². The summed E-state index contributed by atoms with van der Waals surface area (Å²) in [5.41, 5.74) is 0.929. The minimum absolute atomic E-state index is 0.130. The average Bonchev–Trinajstić information content (AvgIpc) is 2.27. The minimum Gasteiger partial charge on any atom is -0.493 e. The van der Waals surface area contributed by atoms with E-state index >= 15 is 0 Å². The standard InChI is InChI=1S/C12H19NO5S/c1-2-13-10-4-3-5-12(8-10)18-7-6-11(14)9-19(15,16)17/h3-5,8,11,13-14H,2,6-7,9H2,1H3,(H,15,16,17). The molecule has 0 aromatic heterocycles. The molecule has 6 nitrogen and oxygen atoms in total. The van der Waals surface area contributed by atoms with E-state index in [0.29, 0.717) is 5.75 Å². The molecule has 7 heteroatoms. The Labute approximate surface area is 113 Å². The third-order valence-corrected chi connectivity index (χ3v) is 3.14. The van der Waals surface area contributed by atoms with Crippen LogP contribution in [0.25, 0.3) is 0 Å². The second-order valence-corrected chi connectivity index (χ2v) is 5.59. The molecule has 0 aliphatic heterocycles. The maximum absolute atomic E-state index is 10.5. The zero-order valence-electron chi connectivity index (χ0n) is 10.7. The van der Waals surface area contributed by atoms with Crippen molar-refractivity contribution in [2.24, 2.45) is 0 Å². The van der Waals surface area contributed by atoms with E-state index in [1.807, 2.05) is 25.1 Å². The predicted molar refractivity (Wildman–Crippen MR) is 73.1 cm³/mol. The van der Waals surface area contributed by atoms with Crippen molar-refractivity contribution in [3.05, 3.63) is 24.3 Å². The SMILES string of the molecule is CCNc1cccc(OCCC(O)CS(=O)(=O)O)c1. The van der Waals surface area contributed by atoms with Crippen molar-refractivity contribution >= 4 is 15.8 Å². The third kappa shape index (κ3) is 7.00. The average molecular weight is 289 g/mol.